The number of aryl methyl sites for hydroxylation is 1. The quantitative estimate of drug-likeness (QED) is 0.908. The van der Waals surface area contributed by atoms with E-state index in [-0.39, 0.29) is 6.04 Å². The van der Waals surface area contributed by atoms with Crippen molar-refractivity contribution in [3.8, 4) is 0 Å². The lowest BCUT2D eigenvalue weighted by Crippen LogP contribution is -2.23. The summed E-state index contributed by atoms with van der Waals surface area (Å²) >= 11 is 0. The minimum Gasteiger partial charge on any atom is -0.372 e. The van der Waals surface area contributed by atoms with Crippen LogP contribution in [0.4, 0.5) is 0 Å². The summed E-state index contributed by atoms with van der Waals surface area (Å²) in [7, 11) is 1.96. The van der Waals surface area contributed by atoms with Gasteiger partial charge in [-0.2, -0.15) is 5.10 Å². The van der Waals surface area contributed by atoms with E-state index in [0.29, 0.717) is 0 Å². The van der Waals surface area contributed by atoms with E-state index < -0.39 is 0 Å². The molecule has 4 heteroatoms. The molecule has 0 amide bonds. The van der Waals surface area contributed by atoms with E-state index in [1.54, 1.807) is 0 Å². The first kappa shape index (κ1) is 13.3. The lowest BCUT2D eigenvalue weighted by atomic mass is 9.97. The fourth-order valence-electron chi connectivity index (χ4n) is 2.68. The zero-order valence-electron chi connectivity index (χ0n) is 12.1. The van der Waals surface area contributed by atoms with Crippen LogP contribution in [0.5, 0.6) is 0 Å². The number of aromatic nitrogens is 2. The van der Waals surface area contributed by atoms with Gasteiger partial charge in [0.05, 0.1) is 25.5 Å². The number of hydrogen-bond acceptors (Lipinski definition) is 3. The molecule has 20 heavy (non-hydrogen) atoms. The zero-order valence-corrected chi connectivity index (χ0v) is 12.1. The van der Waals surface area contributed by atoms with Crippen LogP contribution < -0.4 is 5.32 Å². The van der Waals surface area contributed by atoms with Crippen molar-refractivity contribution in [1.82, 2.24) is 15.1 Å². The molecule has 1 atom stereocenters. The largest absolute Gasteiger partial charge is 0.372 e. The van der Waals surface area contributed by atoms with Gasteiger partial charge in [-0.3, -0.25) is 4.68 Å². The van der Waals surface area contributed by atoms with E-state index in [4.69, 9.17) is 4.74 Å². The monoisotopic (exact) mass is 271 g/mol. The van der Waals surface area contributed by atoms with Gasteiger partial charge in [0, 0.05) is 18.8 Å². The second kappa shape index (κ2) is 5.77. The Bertz CT molecular complexity index is 591. The van der Waals surface area contributed by atoms with Gasteiger partial charge in [-0.15, -0.1) is 0 Å². The first-order chi connectivity index (χ1) is 9.78. The van der Waals surface area contributed by atoms with Crippen molar-refractivity contribution < 1.29 is 4.74 Å². The Morgan fingerprint density at radius 2 is 2.15 bits per heavy atom. The number of hydrogen-bond donors (Lipinski definition) is 1. The van der Waals surface area contributed by atoms with Crippen LogP contribution in [-0.4, -0.2) is 16.3 Å². The van der Waals surface area contributed by atoms with Crippen LogP contribution in [0, 0.1) is 0 Å². The summed E-state index contributed by atoms with van der Waals surface area (Å²) in [6.45, 7) is 4.66. The number of nitrogens with zero attached hydrogens (tertiary/aromatic N) is 2. The van der Waals surface area contributed by atoms with Gasteiger partial charge in [0.25, 0.3) is 0 Å². The first-order valence-electron chi connectivity index (χ1n) is 7.19. The Morgan fingerprint density at radius 1 is 1.30 bits per heavy atom. The minimum atomic E-state index is 0.203. The molecular weight excluding hydrogens is 250 g/mol. The average Bonchev–Trinajstić information content (AvgIpc) is 3.07. The van der Waals surface area contributed by atoms with E-state index in [1.165, 1.54) is 22.3 Å². The van der Waals surface area contributed by atoms with E-state index >= 15 is 0 Å². The summed E-state index contributed by atoms with van der Waals surface area (Å²) in [5, 5.41) is 7.91. The molecule has 0 saturated heterocycles. The van der Waals surface area contributed by atoms with Gasteiger partial charge in [0.1, 0.15) is 0 Å². The van der Waals surface area contributed by atoms with Crippen molar-refractivity contribution in [3.63, 3.8) is 0 Å². The van der Waals surface area contributed by atoms with Crippen LogP contribution in [0.15, 0.2) is 30.6 Å². The van der Waals surface area contributed by atoms with Crippen molar-refractivity contribution >= 4 is 0 Å². The van der Waals surface area contributed by atoms with Crippen molar-refractivity contribution in [2.75, 3.05) is 6.54 Å². The van der Waals surface area contributed by atoms with E-state index in [0.717, 1.165) is 26.2 Å². The molecule has 0 aliphatic carbocycles. The summed E-state index contributed by atoms with van der Waals surface area (Å²) < 4.78 is 7.36. The highest BCUT2D eigenvalue weighted by Crippen LogP contribution is 2.27. The molecular formula is C16H21N3O. The maximum absolute atomic E-state index is 5.50. The predicted octanol–water partition coefficient (Wildman–Crippen LogP) is 2.54. The number of fused-ring (bicyclic) bond motifs is 1. The molecule has 1 aliphatic heterocycles. The molecule has 0 spiro atoms. The predicted molar refractivity (Wildman–Crippen MR) is 78.3 cm³/mol. The molecule has 1 unspecified atom stereocenters. The topological polar surface area (TPSA) is 39.1 Å². The molecule has 106 valence electrons. The Balaban J connectivity index is 1.92. The van der Waals surface area contributed by atoms with Crippen LogP contribution in [0.25, 0.3) is 0 Å². The van der Waals surface area contributed by atoms with Crippen molar-refractivity contribution in [3.05, 3.63) is 52.8 Å². The van der Waals surface area contributed by atoms with Crippen LogP contribution in [0.3, 0.4) is 0 Å². The summed E-state index contributed by atoms with van der Waals surface area (Å²) in [6.07, 6.45) is 5.14. The molecule has 4 nitrogen and oxygen atoms in total. The van der Waals surface area contributed by atoms with E-state index in [9.17, 15) is 0 Å². The third-order valence-electron chi connectivity index (χ3n) is 3.74. The Morgan fingerprint density at radius 3 is 2.90 bits per heavy atom. The molecule has 0 bridgehead atoms. The summed E-state index contributed by atoms with van der Waals surface area (Å²) in [5.41, 5.74) is 5.12. The Labute approximate surface area is 119 Å². The summed E-state index contributed by atoms with van der Waals surface area (Å²) in [4.78, 5) is 0. The van der Waals surface area contributed by atoms with E-state index in [1.807, 2.05) is 17.9 Å². The van der Waals surface area contributed by atoms with Gasteiger partial charge < -0.3 is 10.1 Å². The van der Waals surface area contributed by atoms with Crippen molar-refractivity contribution in [2.24, 2.45) is 7.05 Å². The van der Waals surface area contributed by atoms with Crippen molar-refractivity contribution in [1.29, 1.82) is 0 Å². The third kappa shape index (κ3) is 2.62. The van der Waals surface area contributed by atoms with Crippen molar-refractivity contribution in [2.45, 2.75) is 32.6 Å². The lowest BCUT2D eigenvalue weighted by molar-refractivity contribution is 0.134. The lowest BCUT2D eigenvalue weighted by Gasteiger charge is -2.18. The highest BCUT2D eigenvalue weighted by atomic mass is 16.5. The number of nitrogens with one attached hydrogen (secondary N) is 1. The summed E-state index contributed by atoms with van der Waals surface area (Å²) in [6, 6.07) is 6.86. The average molecular weight is 271 g/mol. The SMILES string of the molecule is CCCNC(c1ccc2c(c1)COC2)c1cnn(C)c1. The number of benzene rings is 1. The highest BCUT2D eigenvalue weighted by molar-refractivity contribution is 5.38. The van der Waals surface area contributed by atoms with Gasteiger partial charge >= 0.3 is 0 Å². The normalized spacial score (nSPS) is 15.3. The molecule has 3 rings (SSSR count). The molecule has 0 radical (unpaired) electrons. The number of rotatable bonds is 5. The molecule has 1 aliphatic rings. The number of ether oxygens (including phenoxy) is 1. The van der Waals surface area contributed by atoms with Crippen LogP contribution in [0.2, 0.25) is 0 Å². The second-order valence-corrected chi connectivity index (χ2v) is 5.36. The first-order valence-corrected chi connectivity index (χ1v) is 7.19. The molecule has 0 saturated carbocycles. The van der Waals surface area contributed by atoms with Crippen LogP contribution >= 0.6 is 0 Å². The molecule has 1 N–H and O–H groups in total. The smallest absolute Gasteiger partial charge is 0.0725 e. The van der Waals surface area contributed by atoms with Gasteiger partial charge in [-0.1, -0.05) is 25.1 Å². The van der Waals surface area contributed by atoms with Crippen LogP contribution in [0.1, 0.15) is 41.6 Å². The fourth-order valence-corrected chi connectivity index (χ4v) is 2.68. The maximum Gasteiger partial charge on any atom is 0.0725 e. The van der Waals surface area contributed by atoms with Gasteiger partial charge in [-0.25, -0.2) is 0 Å². The van der Waals surface area contributed by atoms with E-state index in [2.05, 4.69) is 41.7 Å². The Hall–Kier alpha value is -1.65. The standard InChI is InChI=1S/C16H21N3O/c1-3-6-17-16(15-8-18-19(2)9-15)12-4-5-13-10-20-11-14(13)7-12/h4-5,7-9,16-17H,3,6,10-11H2,1-2H3. The fraction of sp³-hybridized carbons (Fsp3) is 0.438. The molecule has 1 aromatic carbocycles. The van der Waals surface area contributed by atoms with Gasteiger partial charge in [0.15, 0.2) is 0 Å². The maximum atomic E-state index is 5.50. The zero-order chi connectivity index (χ0) is 13.9. The molecule has 1 aromatic heterocycles. The summed E-state index contributed by atoms with van der Waals surface area (Å²) in [5.74, 6) is 0. The minimum absolute atomic E-state index is 0.203. The molecule has 0 fully saturated rings. The van der Waals surface area contributed by atoms with Crippen LogP contribution in [-0.2, 0) is 25.0 Å². The highest BCUT2D eigenvalue weighted by Gasteiger charge is 2.18. The Kier molecular flexibility index (Phi) is 3.85. The van der Waals surface area contributed by atoms with Gasteiger partial charge in [-0.05, 0) is 29.7 Å². The molecule has 2 heterocycles. The molecule has 2 aromatic rings. The third-order valence-corrected chi connectivity index (χ3v) is 3.74. The van der Waals surface area contributed by atoms with Gasteiger partial charge in [0.2, 0.25) is 0 Å². The second-order valence-electron chi connectivity index (χ2n) is 5.36.